The minimum absolute atomic E-state index is 0.0241. The number of aromatic nitrogens is 2. The van der Waals surface area contributed by atoms with E-state index in [0.717, 1.165) is 23.1 Å². The monoisotopic (exact) mass is 389 g/mol. The summed E-state index contributed by atoms with van der Waals surface area (Å²) in [4.78, 5) is 16.6. The lowest BCUT2D eigenvalue weighted by Gasteiger charge is -2.11. The van der Waals surface area contributed by atoms with Crippen LogP contribution in [0.15, 0.2) is 54.9 Å². The van der Waals surface area contributed by atoms with Crippen molar-refractivity contribution in [2.24, 2.45) is 0 Å². The average molecular weight is 390 g/mol. The number of benzene rings is 2. The fourth-order valence-corrected chi connectivity index (χ4v) is 3.16. The summed E-state index contributed by atoms with van der Waals surface area (Å²) in [6.07, 6.45) is 2.41. The van der Waals surface area contributed by atoms with Crippen molar-refractivity contribution in [1.29, 1.82) is 0 Å². The highest BCUT2D eigenvalue weighted by molar-refractivity contribution is 7.89. The second kappa shape index (κ2) is 6.93. The summed E-state index contributed by atoms with van der Waals surface area (Å²) in [5.41, 5.74) is 3.02. The number of hydrogen-bond acceptors (Lipinski definition) is 4. The predicted molar refractivity (Wildman–Crippen MR) is 101 cm³/mol. The van der Waals surface area contributed by atoms with E-state index in [0.29, 0.717) is 10.7 Å². The third-order valence-corrected chi connectivity index (χ3v) is 4.47. The van der Waals surface area contributed by atoms with E-state index >= 15 is 0 Å². The molecule has 0 unspecified atom stereocenters. The molecule has 0 fully saturated rings. The molecule has 0 saturated heterocycles. The van der Waals surface area contributed by atoms with Crippen LogP contribution < -0.4 is 4.72 Å². The number of rotatable bonds is 4. The Kier molecular flexibility index (Phi) is 4.84. The van der Waals surface area contributed by atoms with Gasteiger partial charge in [0.1, 0.15) is 6.33 Å². The molecule has 3 rings (SSSR count). The van der Waals surface area contributed by atoms with Gasteiger partial charge in [-0.2, -0.15) is 0 Å². The fraction of sp³-hybridized carbons (Fsp3) is 0.111. The van der Waals surface area contributed by atoms with Crippen molar-refractivity contribution in [1.82, 2.24) is 14.3 Å². The third-order valence-electron chi connectivity index (χ3n) is 3.66. The Bertz CT molecular complexity index is 1070. The molecule has 1 N–H and O–H groups in total. The van der Waals surface area contributed by atoms with Crippen molar-refractivity contribution in [3.8, 4) is 16.9 Å². The van der Waals surface area contributed by atoms with E-state index in [1.165, 1.54) is 6.33 Å². The number of nitrogens with zero attached hydrogens (tertiary/aromatic N) is 2. The maximum absolute atomic E-state index is 12.5. The fourth-order valence-electron chi connectivity index (χ4n) is 2.60. The minimum Gasteiger partial charge on any atom is -0.298 e. The van der Waals surface area contributed by atoms with Gasteiger partial charge in [0.25, 0.3) is 5.91 Å². The van der Waals surface area contributed by atoms with E-state index in [9.17, 15) is 13.2 Å². The van der Waals surface area contributed by atoms with Crippen molar-refractivity contribution in [2.45, 2.75) is 6.92 Å². The quantitative estimate of drug-likeness (QED) is 0.743. The number of carbonyl (C=O) groups excluding carboxylic acids is 1. The van der Waals surface area contributed by atoms with Gasteiger partial charge in [-0.3, -0.25) is 9.36 Å². The lowest BCUT2D eigenvalue weighted by Crippen LogP contribution is -2.30. The molecule has 0 aliphatic heterocycles. The summed E-state index contributed by atoms with van der Waals surface area (Å²) in [7, 11) is -3.71. The second-order valence-electron chi connectivity index (χ2n) is 5.86. The number of imidazole rings is 1. The van der Waals surface area contributed by atoms with E-state index in [-0.39, 0.29) is 5.69 Å². The zero-order valence-corrected chi connectivity index (χ0v) is 15.7. The van der Waals surface area contributed by atoms with E-state index in [4.69, 9.17) is 11.6 Å². The van der Waals surface area contributed by atoms with E-state index in [1.807, 2.05) is 35.9 Å². The average Bonchev–Trinajstić information content (AvgIpc) is 2.99. The molecule has 8 heteroatoms. The Hall–Kier alpha value is -2.64. The number of amides is 1. The summed E-state index contributed by atoms with van der Waals surface area (Å²) < 4.78 is 26.6. The zero-order valence-electron chi connectivity index (χ0n) is 14.1. The number of halogens is 1. The van der Waals surface area contributed by atoms with Crippen molar-refractivity contribution in [2.75, 3.05) is 6.26 Å². The summed E-state index contributed by atoms with van der Waals surface area (Å²) >= 11 is 5.95. The summed E-state index contributed by atoms with van der Waals surface area (Å²) in [5, 5.41) is 0.584. The third kappa shape index (κ3) is 3.95. The first-order valence-electron chi connectivity index (χ1n) is 7.67. The van der Waals surface area contributed by atoms with E-state index in [2.05, 4.69) is 4.98 Å². The van der Waals surface area contributed by atoms with Crippen LogP contribution in [0, 0.1) is 6.92 Å². The van der Waals surface area contributed by atoms with Crippen LogP contribution in [0.1, 0.15) is 16.1 Å². The van der Waals surface area contributed by atoms with Crippen molar-refractivity contribution < 1.29 is 13.2 Å². The van der Waals surface area contributed by atoms with Gasteiger partial charge in [-0.25, -0.2) is 18.1 Å². The smallest absolute Gasteiger partial charge is 0.285 e. The largest absolute Gasteiger partial charge is 0.298 e. The minimum atomic E-state index is -3.71. The summed E-state index contributed by atoms with van der Waals surface area (Å²) in [6, 6.07) is 14.6. The van der Waals surface area contributed by atoms with Crippen LogP contribution in [0.4, 0.5) is 0 Å². The van der Waals surface area contributed by atoms with E-state index in [1.54, 1.807) is 28.8 Å². The van der Waals surface area contributed by atoms with Gasteiger partial charge >= 0.3 is 0 Å². The highest BCUT2D eigenvalue weighted by atomic mass is 35.5. The molecule has 3 aromatic rings. The first kappa shape index (κ1) is 18.2. The van der Waals surface area contributed by atoms with Gasteiger partial charge in [-0.05, 0) is 37.3 Å². The highest BCUT2D eigenvalue weighted by Gasteiger charge is 2.22. The SMILES string of the molecule is Cc1cccc(-c2c(C(=O)NS(C)(=O)=O)ncn2-c2ccc(Cl)cc2)c1. The van der Waals surface area contributed by atoms with Crippen LogP contribution in [0.25, 0.3) is 16.9 Å². The standard InChI is InChI=1S/C18H16ClN3O3S/c1-12-4-3-5-13(10-12)17-16(18(23)21-26(2,24)25)20-11-22(17)15-8-6-14(19)7-9-15/h3-11H,1-2H3,(H,21,23). The molecule has 134 valence electrons. The molecule has 0 atom stereocenters. The number of hydrogen-bond donors (Lipinski definition) is 1. The van der Waals surface area contributed by atoms with Crippen LogP contribution in [-0.2, 0) is 10.0 Å². The van der Waals surface area contributed by atoms with E-state index < -0.39 is 15.9 Å². The lowest BCUT2D eigenvalue weighted by molar-refractivity contribution is 0.0978. The first-order valence-corrected chi connectivity index (χ1v) is 9.94. The molecule has 0 bridgehead atoms. The molecule has 1 heterocycles. The summed E-state index contributed by atoms with van der Waals surface area (Å²) in [6.45, 7) is 1.93. The Morgan fingerprint density at radius 2 is 1.85 bits per heavy atom. The second-order valence-corrected chi connectivity index (χ2v) is 8.05. The van der Waals surface area contributed by atoms with Crippen LogP contribution in [0.5, 0.6) is 0 Å². The Morgan fingerprint density at radius 1 is 1.15 bits per heavy atom. The normalized spacial score (nSPS) is 11.3. The van der Waals surface area contributed by atoms with Gasteiger partial charge in [0.2, 0.25) is 10.0 Å². The highest BCUT2D eigenvalue weighted by Crippen LogP contribution is 2.28. The molecule has 6 nitrogen and oxygen atoms in total. The molecule has 2 aromatic carbocycles. The lowest BCUT2D eigenvalue weighted by atomic mass is 10.1. The van der Waals surface area contributed by atoms with Gasteiger partial charge < -0.3 is 0 Å². The van der Waals surface area contributed by atoms with Crippen LogP contribution in [0.3, 0.4) is 0 Å². The molecule has 1 aromatic heterocycles. The molecule has 0 saturated carbocycles. The van der Waals surface area contributed by atoms with Gasteiger partial charge in [-0.1, -0.05) is 35.4 Å². The predicted octanol–water partition coefficient (Wildman–Crippen LogP) is 3.19. The molecule has 0 radical (unpaired) electrons. The van der Waals surface area contributed by atoms with Crippen LogP contribution in [0.2, 0.25) is 5.02 Å². The number of nitrogens with one attached hydrogen (secondary N) is 1. The number of carbonyl (C=O) groups is 1. The molecule has 0 spiro atoms. The van der Waals surface area contributed by atoms with Crippen molar-refractivity contribution in [3.05, 3.63) is 71.1 Å². The molecular formula is C18H16ClN3O3S. The maximum atomic E-state index is 12.5. The van der Waals surface area contributed by atoms with Crippen LogP contribution in [-0.4, -0.2) is 30.1 Å². The zero-order chi connectivity index (χ0) is 18.9. The molecule has 26 heavy (non-hydrogen) atoms. The van der Waals surface area contributed by atoms with Gasteiger partial charge in [0.05, 0.1) is 11.9 Å². The molecular weight excluding hydrogens is 374 g/mol. The number of sulfonamides is 1. The Balaban J connectivity index is 2.20. The van der Waals surface area contributed by atoms with Gasteiger partial charge in [-0.15, -0.1) is 0 Å². The number of aryl methyl sites for hydroxylation is 1. The summed E-state index contributed by atoms with van der Waals surface area (Å²) in [5.74, 6) is -0.781. The molecule has 1 amide bonds. The Morgan fingerprint density at radius 3 is 2.46 bits per heavy atom. The maximum Gasteiger partial charge on any atom is 0.285 e. The topological polar surface area (TPSA) is 81.1 Å². The van der Waals surface area contributed by atoms with Gasteiger partial charge in [0.15, 0.2) is 5.69 Å². The van der Waals surface area contributed by atoms with Crippen molar-refractivity contribution >= 4 is 27.5 Å². The molecule has 0 aliphatic carbocycles. The Labute approximate surface area is 156 Å². The van der Waals surface area contributed by atoms with Crippen molar-refractivity contribution in [3.63, 3.8) is 0 Å². The van der Waals surface area contributed by atoms with Gasteiger partial charge in [0, 0.05) is 16.3 Å². The first-order chi connectivity index (χ1) is 12.2. The van der Waals surface area contributed by atoms with Crippen LogP contribution >= 0.6 is 11.6 Å². The molecule has 0 aliphatic rings.